The van der Waals surface area contributed by atoms with Crippen LogP contribution >= 0.6 is 0 Å². The molecule has 0 saturated carbocycles. The summed E-state index contributed by atoms with van der Waals surface area (Å²) in [4.78, 5) is 4.31. The molecule has 0 radical (unpaired) electrons. The quantitative estimate of drug-likeness (QED) is 0.764. The van der Waals surface area contributed by atoms with Gasteiger partial charge in [0.15, 0.2) is 0 Å². The van der Waals surface area contributed by atoms with Gasteiger partial charge < -0.3 is 0 Å². The molecule has 1 atom stereocenters. The summed E-state index contributed by atoms with van der Waals surface area (Å²) in [7, 11) is 0. The van der Waals surface area contributed by atoms with Gasteiger partial charge in [0, 0.05) is 0 Å². The van der Waals surface area contributed by atoms with Crippen LogP contribution in [0, 0.1) is 0 Å². The van der Waals surface area contributed by atoms with Gasteiger partial charge in [-0.2, -0.15) is 0 Å². The average molecular weight is 268 g/mol. The third-order valence-corrected chi connectivity index (χ3v) is 5.17. The summed E-state index contributed by atoms with van der Waals surface area (Å²) in [6, 6.07) is 10.6. The van der Waals surface area contributed by atoms with Crippen LogP contribution in [0.1, 0.15) is 13.8 Å². The van der Waals surface area contributed by atoms with E-state index < -0.39 is 0 Å². The van der Waals surface area contributed by atoms with Gasteiger partial charge in [0.05, 0.1) is 0 Å². The normalized spacial score (nSPS) is 24.8. The minimum absolute atomic E-state index is 0.0556. The summed E-state index contributed by atoms with van der Waals surface area (Å²) in [6.45, 7) is 4.89. The van der Waals surface area contributed by atoms with Crippen molar-refractivity contribution in [2.45, 2.75) is 24.8 Å². The molecule has 2 rings (SSSR count). The van der Waals surface area contributed by atoms with Crippen LogP contribution in [0.5, 0.6) is 0 Å². The summed E-state index contributed by atoms with van der Waals surface area (Å²) in [6.07, 6.45) is 0. The average Bonchev–Trinajstić information content (AvgIpc) is 2.58. The van der Waals surface area contributed by atoms with Gasteiger partial charge in [0.1, 0.15) is 0 Å². The molecule has 1 aromatic carbocycles. The van der Waals surface area contributed by atoms with Crippen molar-refractivity contribution in [3.8, 4) is 0 Å². The molecule has 0 amide bonds. The SMILES string of the molecule is CC1=NCC(C)(C[Se]c2ccccc2)O1. The first kappa shape index (κ1) is 10.7. The van der Waals surface area contributed by atoms with Gasteiger partial charge in [-0.1, -0.05) is 0 Å². The molecule has 0 spiro atoms. The van der Waals surface area contributed by atoms with Gasteiger partial charge in [-0.3, -0.25) is 0 Å². The molecule has 3 heteroatoms. The molecule has 1 heterocycles. The van der Waals surface area contributed by atoms with E-state index in [9.17, 15) is 0 Å². The standard InChI is InChI=1S/C12H15NOSe/c1-10-13-8-12(2,14-10)9-15-11-6-4-3-5-7-11/h3-7H,8-9H2,1-2H3. The van der Waals surface area contributed by atoms with Gasteiger partial charge >= 0.3 is 96.7 Å². The van der Waals surface area contributed by atoms with E-state index in [2.05, 4.69) is 42.2 Å². The van der Waals surface area contributed by atoms with Crippen molar-refractivity contribution in [3.63, 3.8) is 0 Å². The maximum atomic E-state index is 5.74. The molecular weight excluding hydrogens is 253 g/mol. The zero-order valence-electron chi connectivity index (χ0n) is 9.06. The molecule has 15 heavy (non-hydrogen) atoms. The van der Waals surface area contributed by atoms with Crippen LogP contribution in [-0.2, 0) is 4.74 Å². The van der Waals surface area contributed by atoms with Crippen LogP contribution in [-0.4, -0.2) is 33.0 Å². The molecule has 1 aromatic rings. The third-order valence-electron chi connectivity index (χ3n) is 2.32. The zero-order chi connectivity index (χ0) is 10.7. The molecule has 0 aliphatic carbocycles. The van der Waals surface area contributed by atoms with E-state index in [1.165, 1.54) is 4.46 Å². The van der Waals surface area contributed by atoms with Crippen LogP contribution < -0.4 is 4.46 Å². The van der Waals surface area contributed by atoms with Gasteiger partial charge in [-0.05, 0) is 0 Å². The Morgan fingerprint density at radius 3 is 2.73 bits per heavy atom. The number of nitrogens with zero attached hydrogens (tertiary/aromatic N) is 1. The summed E-state index contributed by atoms with van der Waals surface area (Å²) < 4.78 is 7.17. The van der Waals surface area contributed by atoms with E-state index >= 15 is 0 Å². The van der Waals surface area contributed by atoms with Crippen molar-refractivity contribution in [1.82, 2.24) is 0 Å². The van der Waals surface area contributed by atoms with E-state index in [-0.39, 0.29) is 5.60 Å². The molecule has 0 aromatic heterocycles. The Hall–Kier alpha value is -0.791. The summed E-state index contributed by atoms with van der Waals surface area (Å²) in [5, 5.41) is 1.09. The van der Waals surface area contributed by atoms with E-state index in [1.54, 1.807) is 0 Å². The van der Waals surface area contributed by atoms with E-state index in [0.717, 1.165) is 17.8 Å². The minimum atomic E-state index is -0.0556. The number of rotatable bonds is 3. The Kier molecular flexibility index (Phi) is 3.13. The summed E-state index contributed by atoms with van der Waals surface area (Å²) >= 11 is 0.482. The summed E-state index contributed by atoms with van der Waals surface area (Å²) in [5.41, 5.74) is -0.0556. The van der Waals surface area contributed by atoms with Crippen molar-refractivity contribution in [2.24, 2.45) is 4.99 Å². The van der Waals surface area contributed by atoms with Gasteiger partial charge in [0.2, 0.25) is 0 Å². The number of aliphatic imine (C=N–C) groups is 1. The van der Waals surface area contributed by atoms with Crippen LogP contribution in [0.2, 0.25) is 5.32 Å². The first-order valence-corrected chi connectivity index (χ1v) is 7.13. The fourth-order valence-corrected chi connectivity index (χ4v) is 3.57. The zero-order valence-corrected chi connectivity index (χ0v) is 10.8. The van der Waals surface area contributed by atoms with E-state index in [4.69, 9.17) is 4.74 Å². The molecule has 0 fully saturated rings. The predicted octanol–water partition coefficient (Wildman–Crippen LogP) is 1.64. The second-order valence-electron chi connectivity index (χ2n) is 3.99. The Labute approximate surface area is 96.9 Å². The molecule has 1 aliphatic heterocycles. The Morgan fingerprint density at radius 1 is 1.40 bits per heavy atom. The first-order valence-electron chi connectivity index (χ1n) is 5.06. The summed E-state index contributed by atoms with van der Waals surface area (Å²) in [5.74, 6) is 0.835. The van der Waals surface area contributed by atoms with Crippen molar-refractivity contribution in [2.75, 3.05) is 6.54 Å². The van der Waals surface area contributed by atoms with Gasteiger partial charge in [-0.25, -0.2) is 0 Å². The van der Waals surface area contributed by atoms with Gasteiger partial charge in [0.25, 0.3) is 0 Å². The van der Waals surface area contributed by atoms with Crippen LogP contribution in [0.15, 0.2) is 35.3 Å². The molecule has 0 saturated heterocycles. The van der Waals surface area contributed by atoms with Gasteiger partial charge in [-0.15, -0.1) is 0 Å². The monoisotopic (exact) mass is 269 g/mol. The Bertz CT molecular complexity index is 363. The van der Waals surface area contributed by atoms with Crippen molar-refractivity contribution >= 4 is 25.3 Å². The van der Waals surface area contributed by atoms with E-state index in [1.807, 2.05) is 6.92 Å². The molecule has 1 unspecified atom stereocenters. The third kappa shape index (κ3) is 2.83. The van der Waals surface area contributed by atoms with Crippen molar-refractivity contribution in [3.05, 3.63) is 30.3 Å². The van der Waals surface area contributed by atoms with E-state index in [0.29, 0.717) is 15.0 Å². The predicted molar refractivity (Wildman–Crippen MR) is 64.1 cm³/mol. The molecule has 80 valence electrons. The fourth-order valence-electron chi connectivity index (χ4n) is 1.53. The molecule has 2 nitrogen and oxygen atoms in total. The number of ether oxygens (including phenoxy) is 1. The number of hydrogen-bond acceptors (Lipinski definition) is 2. The number of hydrogen-bond donors (Lipinski definition) is 0. The molecule has 0 N–H and O–H groups in total. The van der Waals surface area contributed by atoms with Crippen LogP contribution in [0.4, 0.5) is 0 Å². The first-order chi connectivity index (χ1) is 7.18. The fraction of sp³-hybridized carbons (Fsp3) is 0.417. The van der Waals surface area contributed by atoms with Crippen LogP contribution in [0.25, 0.3) is 0 Å². The molecular formula is C12H15NOSe. The second kappa shape index (κ2) is 4.38. The Morgan fingerprint density at radius 2 is 2.13 bits per heavy atom. The topological polar surface area (TPSA) is 21.6 Å². The molecule has 1 aliphatic rings. The van der Waals surface area contributed by atoms with Crippen molar-refractivity contribution in [1.29, 1.82) is 0 Å². The molecule has 0 bridgehead atoms. The maximum absolute atomic E-state index is 5.74. The van der Waals surface area contributed by atoms with Crippen molar-refractivity contribution < 1.29 is 4.74 Å². The van der Waals surface area contributed by atoms with Crippen LogP contribution in [0.3, 0.4) is 0 Å². The second-order valence-corrected chi connectivity index (χ2v) is 6.19. The Balaban J connectivity index is 1.89. The number of benzene rings is 1.